The second kappa shape index (κ2) is 8.51. The monoisotopic (exact) mass is 460 g/mol. The summed E-state index contributed by atoms with van der Waals surface area (Å²) in [5.74, 6) is -2.22. The van der Waals surface area contributed by atoms with Crippen LogP contribution in [0.4, 0.5) is 27.6 Å². The molecule has 0 atom stereocenters. The first-order valence-corrected chi connectivity index (χ1v) is 10.1. The van der Waals surface area contributed by atoms with Gasteiger partial charge in [-0.25, -0.2) is 13.8 Å². The van der Waals surface area contributed by atoms with E-state index in [2.05, 4.69) is 10.3 Å². The second-order valence-electron chi connectivity index (χ2n) is 6.77. The summed E-state index contributed by atoms with van der Waals surface area (Å²) in [5, 5.41) is 4.59. The molecule has 0 aliphatic rings. The van der Waals surface area contributed by atoms with Gasteiger partial charge in [-0.3, -0.25) is 4.79 Å². The van der Waals surface area contributed by atoms with E-state index in [4.69, 9.17) is 0 Å². The van der Waals surface area contributed by atoms with Gasteiger partial charge in [-0.05, 0) is 36.4 Å². The number of thiazole rings is 1. The molecule has 0 aliphatic heterocycles. The summed E-state index contributed by atoms with van der Waals surface area (Å²) in [6, 6.07) is 14.0. The molecule has 1 N–H and O–H groups in total. The largest absolute Gasteiger partial charge is 0.416 e. The molecule has 0 spiro atoms. The number of carbonyl (C=O) groups is 1. The molecule has 3 nitrogen and oxygen atoms in total. The SMILES string of the molecule is O=C(Nc1ccc(F)cc1F)c1ccc(-c2nc(-c3cccc(C(F)(F)F)c3)cs2)cc1. The van der Waals surface area contributed by atoms with Gasteiger partial charge in [-0.2, -0.15) is 13.2 Å². The van der Waals surface area contributed by atoms with Crippen molar-refractivity contribution in [2.45, 2.75) is 6.18 Å². The third-order valence-corrected chi connectivity index (χ3v) is 5.45. The zero-order valence-corrected chi connectivity index (χ0v) is 16.9. The molecule has 0 aliphatic carbocycles. The summed E-state index contributed by atoms with van der Waals surface area (Å²) in [6.45, 7) is 0. The molecule has 32 heavy (non-hydrogen) atoms. The number of carbonyl (C=O) groups excluding carboxylic acids is 1. The first kappa shape index (κ1) is 21.6. The van der Waals surface area contributed by atoms with Gasteiger partial charge >= 0.3 is 6.18 Å². The highest BCUT2D eigenvalue weighted by molar-refractivity contribution is 7.13. The summed E-state index contributed by atoms with van der Waals surface area (Å²) in [7, 11) is 0. The fourth-order valence-electron chi connectivity index (χ4n) is 2.94. The van der Waals surface area contributed by atoms with Gasteiger partial charge in [0.2, 0.25) is 0 Å². The molecule has 0 fully saturated rings. The molecular formula is C23H13F5N2OS. The molecule has 3 aromatic carbocycles. The van der Waals surface area contributed by atoms with Gasteiger partial charge < -0.3 is 5.32 Å². The lowest BCUT2D eigenvalue weighted by Gasteiger charge is -2.07. The Balaban J connectivity index is 1.52. The zero-order valence-electron chi connectivity index (χ0n) is 16.1. The maximum absolute atomic E-state index is 13.7. The van der Waals surface area contributed by atoms with Crippen LogP contribution in [0.25, 0.3) is 21.8 Å². The van der Waals surface area contributed by atoms with Crippen LogP contribution in [0, 0.1) is 11.6 Å². The Hall–Kier alpha value is -3.59. The molecule has 9 heteroatoms. The minimum atomic E-state index is -4.44. The van der Waals surface area contributed by atoms with E-state index in [1.807, 2.05) is 0 Å². The molecule has 1 heterocycles. The van der Waals surface area contributed by atoms with Crippen molar-refractivity contribution in [3.05, 3.63) is 94.9 Å². The fraction of sp³-hybridized carbons (Fsp3) is 0.0435. The van der Waals surface area contributed by atoms with Crippen molar-refractivity contribution in [1.82, 2.24) is 4.98 Å². The lowest BCUT2D eigenvalue weighted by atomic mass is 10.1. The van der Waals surface area contributed by atoms with Crippen molar-refractivity contribution in [3.8, 4) is 21.8 Å². The first-order chi connectivity index (χ1) is 15.2. The Labute approximate surface area is 183 Å². The number of aromatic nitrogens is 1. The highest BCUT2D eigenvalue weighted by atomic mass is 32.1. The lowest BCUT2D eigenvalue weighted by molar-refractivity contribution is -0.137. The maximum atomic E-state index is 13.7. The lowest BCUT2D eigenvalue weighted by Crippen LogP contribution is -2.13. The van der Waals surface area contributed by atoms with E-state index in [1.54, 1.807) is 23.6 Å². The van der Waals surface area contributed by atoms with E-state index in [0.29, 0.717) is 27.9 Å². The van der Waals surface area contributed by atoms with Crippen LogP contribution < -0.4 is 5.32 Å². The highest BCUT2D eigenvalue weighted by Crippen LogP contribution is 2.34. The van der Waals surface area contributed by atoms with Crippen molar-refractivity contribution in [2.75, 3.05) is 5.32 Å². The van der Waals surface area contributed by atoms with E-state index in [0.717, 1.165) is 24.3 Å². The topological polar surface area (TPSA) is 42.0 Å². The first-order valence-electron chi connectivity index (χ1n) is 9.21. The van der Waals surface area contributed by atoms with Gasteiger partial charge in [0.25, 0.3) is 5.91 Å². The minimum absolute atomic E-state index is 0.147. The normalized spacial score (nSPS) is 11.4. The number of hydrogen-bond acceptors (Lipinski definition) is 3. The average molecular weight is 460 g/mol. The Kier molecular flexibility index (Phi) is 5.75. The van der Waals surface area contributed by atoms with Crippen LogP contribution >= 0.6 is 11.3 Å². The molecule has 0 saturated heterocycles. The highest BCUT2D eigenvalue weighted by Gasteiger charge is 2.30. The Morgan fingerprint density at radius 2 is 1.66 bits per heavy atom. The maximum Gasteiger partial charge on any atom is 0.416 e. The van der Waals surface area contributed by atoms with Crippen LogP contribution in [0.2, 0.25) is 0 Å². The van der Waals surface area contributed by atoms with Gasteiger partial charge in [0.15, 0.2) is 0 Å². The molecule has 0 bridgehead atoms. The molecule has 162 valence electrons. The predicted octanol–water partition coefficient (Wildman–Crippen LogP) is 7.03. The average Bonchev–Trinajstić information content (AvgIpc) is 3.26. The molecule has 0 unspecified atom stereocenters. The molecule has 0 radical (unpaired) electrons. The third kappa shape index (κ3) is 4.67. The van der Waals surface area contributed by atoms with Crippen LogP contribution in [0.15, 0.2) is 72.1 Å². The fourth-order valence-corrected chi connectivity index (χ4v) is 3.78. The van der Waals surface area contributed by atoms with E-state index in [-0.39, 0.29) is 11.3 Å². The van der Waals surface area contributed by atoms with Crippen LogP contribution in [-0.4, -0.2) is 10.9 Å². The number of hydrogen-bond donors (Lipinski definition) is 1. The quantitative estimate of drug-likeness (QED) is 0.332. The molecule has 0 saturated carbocycles. The number of nitrogens with zero attached hydrogens (tertiary/aromatic N) is 1. The van der Waals surface area contributed by atoms with Crippen LogP contribution in [0.3, 0.4) is 0 Å². The van der Waals surface area contributed by atoms with Crippen molar-refractivity contribution in [3.63, 3.8) is 0 Å². The molecule has 1 amide bonds. The van der Waals surface area contributed by atoms with Gasteiger partial charge in [-0.15, -0.1) is 11.3 Å². The van der Waals surface area contributed by atoms with Crippen molar-refractivity contribution in [1.29, 1.82) is 0 Å². The van der Waals surface area contributed by atoms with Crippen molar-refractivity contribution < 1.29 is 26.7 Å². The number of nitrogens with one attached hydrogen (secondary N) is 1. The van der Waals surface area contributed by atoms with Crippen molar-refractivity contribution in [2.24, 2.45) is 0 Å². The summed E-state index contributed by atoms with van der Waals surface area (Å²) < 4.78 is 65.5. The summed E-state index contributed by atoms with van der Waals surface area (Å²) in [6.07, 6.45) is -4.44. The number of benzene rings is 3. The van der Waals surface area contributed by atoms with Gasteiger partial charge in [0, 0.05) is 28.1 Å². The van der Waals surface area contributed by atoms with Gasteiger partial charge in [0.05, 0.1) is 16.9 Å². The van der Waals surface area contributed by atoms with E-state index in [9.17, 15) is 26.7 Å². The van der Waals surface area contributed by atoms with E-state index >= 15 is 0 Å². The number of rotatable bonds is 4. The summed E-state index contributed by atoms with van der Waals surface area (Å²) in [4.78, 5) is 16.7. The Bertz CT molecular complexity index is 1280. The second-order valence-corrected chi connectivity index (χ2v) is 7.63. The van der Waals surface area contributed by atoms with Gasteiger partial charge in [0.1, 0.15) is 16.6 Å². The smallest absolute Gasteiger partial charge is 0.319 e. The van der Waals surface area contributed by atoms with Crippen LogP contribution in [0.1, 0.15) is 15.9 Å². The Morgan fingerprint density at radius 1 is 0.906 bits per heavy atom. The third-order valence-electron chi connectivity index (χ3n) is 4.56. The van der Waals surface area contributed by atoms with E-state index < -0.39 is 29.3 Å². The zero-order chi connectivity index (χ0) is 22.9. The summed E-state index contributed by atoms with van der Waals surface area (Å²) in [5.41, 5.74) is 0.762. The Morgan fingerprint density at radius 3 is 2.34 bits per heavy atom. The number of anilines is 1. The number of amides is 1. The van der Waals surface area contributed by atoms with Crippen molar-refractivity contribution >= 4 is 22.9 Å². The van der Waals surface area contributed by atoms with E-state index in [1.165, 1.54) is 29.5 Å². The molecule has 1 aromatic heterocycles. The van der Waals surface area contributed by atoms with Crippen LogP contribution in [0.5, 0.6) is 0 Å². The minimum Gasteiger partial charge on any atom is -0.319 e. The molecule has 4 rings (SSSR count). The molecular weight excluding hydrogens is 447 g/mol. The number of alkyl halides is 3. The van der Waals surface area contributed by atoms with Crippen LogP contribution in [-0.2, 0) is 6.18 Å². The van der Waals surface area contributed by atoms with Gasteiger partial charge in [-0.1, -0.05) is 24.3 Å². The molecule has 4 aromatic rings. The standard InChI is InChI=1S/C23H13F5N2OS/c24-17-8-9-19(18(25)11-17)29-21(31)13-4-6-14(7-5-13)22-30-20(12-32-22)15-2-1-3-16(10-15)23(26,27)28/h1-12H,(H,29,31). The number of halogens is 5. The predicted molar refractivity (Wildman–Crippen MR) is 112 cm³/mol. The summed E-state index contributed by atoms with van der Waals surface area (Å²) >= 11 is 1.25.